The van der Waals surface area contributed by atoms with Crippen LogP contribution in [-0.2, 0) is 39.3 Å². The van der Waals surface area contributed by atoms with E-state index in [0.29, 0.717) is 22.8 Å². The van der Waals surface area contributed by atoms with Crippen LogP contribution in [0.5, 0.6) is 11.5 Å². The Morgan fingerprint density at radius 2 is 1.55 bits per heavy atom. The van der Waals surface area contributed by atoms with Crippen molar-refractivity contribution in [2.45, 2.75) is 106 Å². The first kappa shape index (κ1) is 40.2. The van der Waals surface area contributed by atoms with Crippen molar-refractivity contribution in [2.24, 2.45) is 5.41 Å². The smallest absolute Gasteiger partial charge is 0.509 e. The number of fused-ring (bicyclic) bond motifs is 3. The van der Waals surface area contributed by atoms with Crippen LogP contribution in [0.1, 0.15) is 110 Å². The molecule has 1 unspecified atom stereocenters. The molecule has 0 aliphatic rings. The minimum absolute atomic E-state index is 0. The molecule has 7 aromatic rings. The van der Waals surface area contributed by atoms with Crippen molar-refractivity contribution in [3.63, 3.8) is 0 Å². The number of pyridine rings is 1. The predicted molar refractivity (Wildman–Crippen MR) is 224 cm³/mol. The number of ether oxygens (including phenoxy) is 1. The summed E-state index contributed by atoms with van der Waals surface area (Å²) in [6, 6.07) is 39.3. The second kappa shape index (κ2) is 16.3. The largest absolute Gasteiger partial charge is 2.00 e. The fraction of sp³-hybridized carbons (Fsp3) is 0.347. The molecule has 3 aromatic heterocycles. The number of aryl methyl sites for hydroxylation is 1. The third-order valence-corrected chi connectivity index (χ3v) is 10.6. The third kappa shape index (κ3) is 8.53. The van der Waals surface area contributed by atoms with Gasteiger partial charge in [0.15, 0.2) is 0 Å². The van der Waals surface area contributed by atoms with E-state index in [2.05, 4.69) is 146 Å². The van der Waals surface area contributed by atoms with Crippen LogP contribution >= 0.6 is 0 Å². The average Bonchev–Trinajstić information content (AvgIpc) is 3.69. The van der Waals surface area contributed by atoms with E-state index in [1.54, 1.807) is 0 Å². The maximum Gasteiger partial charge on any atom is 2.00 e. The summed E-state index contributed by atoms with van der Waals surface area (Å²) in [4.78, 5) is 4.92. The van der Waals surface area contributed by atoms with Gasteiger partial charge in [0, 0.05) is 34.5 Å². The van der Waals surface area contributed by atoms with Gasteiger partial charge in [-0.05, 0) is 88.4 Å². The van der Waals surface area contributed by atoms with Crippen LogP contribution in [0.2, 0.25) is 0 Å². The summed E-state index contributed by atoms with van der Waals surface area (Å²) < 4.78 is 10.9. The Morgan fingerprint density at radius 3 is 2.25 bits per heavy atom. The normalized spacial score (nSPS) is 12.6. The first-order valence-electron chi connectivity index (χ1n) is 19.7. The van der Waals surface area contributed by atoms with Crippen LogP contribution in [-0.4, -0.2) is 19.3 Å². The molecule has 5 nitrogen and oxygen atoms in total. The topological polar surface area (TPSA) is 44.9 Å². The summed E-state index contributed by atoms with van der Waals surface area (Å²) in [5.41, 5.74) is 10.5. The molecule has 0 saturated carbocycles. The molecule has 286 valence electrons. The van der Waals surface area contributed by atoms with Crippen molar-refractivity contribution < 1.29 is 25.8 Å². The minimum Gasteiger partial charge on any atom is -0.509 e. The molecule has 3 heterocycles. The molecular formula is C49H54N4OPt. The summed E-state index contributed by atoms with van der Waals surface area (Å²) in [5, 5.41) is 7.42. The Balaban J connectivity index is 0.00000514. The molecule has 7 rings (SSSR count). The monoisotopic (exact) mass is 909 g/mol. The van der Waals surface area contributed by atoms with E-state index in [1.165, 1.54) is 46.9 Å². The van der Waals surface area contributed by atoms with Gasteiger partial charge in [-0.15, -0.1) is 35.7 Å². The molecule has 0 bridgehead atoms. The number of aromatic nitrogens is 4. The summed E-state index contributed by atoms with van der Waals surface area (Å²) >= 11 is 0. The summed E-state index contributed by atoms with van der Waals surface area (Å²) in [5.74, 6) is 2.58. The Kier molecular flexibility index (Phi) is 11.9. The first-order chi connectivity index (χ1) is 25.8. The van der Waals surface area contributed by atoms with Crippen LogP contribution in [0, 0.1) is 17.5 Å². The minimum atomic E-state index is -0.0170. The van der Waals surface area contributed by atoms with Crippen LogP contribution in [0.4, 0.5) is 0 Å². The van der Waals surface area contributed by atoms with E-state index in [9.17, 15) is 0 Å². The van der Waals surface area contributed by atoms with Crippen molar-refractivity contribution in [3.05, 3.63) is 132 Å². The van der Waals surface area contributed by atoms with Gasteiger partial charge in [0.1, 0.15) is 5.82 Å². The van der Waals surface area contributed by atoms with Crippen LogP contribution in [0.25, 0.3) is 44.4 Å². The second-order valence-corrected chi connectivity index (χ2v) is 17.0. The number of hydrogen-bond donors (Lipinski definition) is 0. The van der Waals surface area contributed by atoms with Crippen molar-refractivity contribution in [3.8, 4) is 34.1 Å². The van der Waals surface area contributed by atoms with Gasteiger partial charge in [-0.1, -0.05) is 117 Å². The van der Waals surface area contributed by atoms with Gasteiger partial charge >= 0.3 is 21.1 Å². The van der Waals surface area contributed by atoms with Gasteiger partial charge in [-0.2, -0.15) is 17.2 Å². The van der Waals surface area contributed by atoms with Crippen LogP contribution < -0.4 is 4.74 Å². The summed E-state index contributed by atoms with van der Waals surface area (Å²) in [6.45, 7) is 20.4. The molecule has 0 saturated heterocycles. The maximum absolute atomic E-state index is 6.58. The zero-order valence-corrected chi connectivity index (χ0v) is 36.1. The fourth-order valence-corrected chi connectivity index (χ4v) is 7.61. The zero-order valence-electron chi connectivity index (χ0n) is 33.9. The van der Waals surface area contributed by atoms with Gasteiger partial charge in [0.25, 0.3) is 0 Å². The van der Waals surface area contributed by atoms with Gasteiger partial charge in [-0.3, -0.25) is 4.68 Å². The molecule has 0 spiro atoms. The third-order valence-electron chi connectivity index (χ3n) is 10.6. The second-order valence-electron chi connectivity index (χ2n) is 17.0. The van der Waals surface area contributed by atoms with Gasteiger partial charge in [-0.25, -0.2) is 4.98 Å². The Hall–Kier alpha value is -4.47. The molecule has 0 radical (unpaired) electrons. The molecule has 0 aliphatic heterocycles. The Morgan fingerprint density at radius 1 is 0.782 bits per heavy atom. The van der Waals surface area contributed by atoms with E-state index >= 15 is 0 Å². The molecule has 0 aliphatic carbocycles. The van der Waals surface area contributed by atoms with E-state index in [-0.39, 0.29) is 26.5 Å². The Bertz CT molecular complexity index is 2410. The molecule has 0 fully saturated rings. The van der Waals surface area contributed by atoms with E-state index in [0.717, 1.165) is 52.2 Å². The first-order valence-corrected chi connectivity index (χ1v) is 19.7. The number of hydrogen-bond acceptors (Lipinski definition) is 3. The fourth-order valence-electron chi connectivity index (χ4n) is 7.61. The predicted octanol–water partition coefficient (Wildman–Crippen LogP) is 13.2. The van der Waals surface area contributed by atoms with Crippen LogP contribution in [0.15, 0.2) is 97.2 Å². The van der Waals surface area contributed by atoms with Crippen molar-refractivity contribution in [1.82, 2.24) is 19.3 Å². The summed E-state index contributed by atoms with van der Waals surface area (Å²) in [6.07, 6.45) is 7.22. The molecule has 1 atom stereocenters. The molecule has 4 aromatic carbocycles. The Labute approximate surface area is 342 Å². The SMILES string of the molecule is CCc1nn(-c2[c-]c(Oc3[c-]c4c(cc3)c3cc(C(C)CCCC(C)(C)C)ccc3n4-c3cc(C(C)(C)C)ccn3)ccc2)c(CC)c1-c1ccccc1.[Pt+2]. The quantitative estimate of drug-likeness (QED) is 0.122. The van der Waals surface area contributed by atoms with Gasteiger partial charge in [0.05, 0.1) is 5.69 Å². The standard InChI is InChI=1S/C49H54N4O.Pt/c1-10-42-47(34-18-13-12-14-19-34)43(11-2)53(51-42)37-20-15-21-38(31-37)54-39-23-24-40-41-29-35(33(3)17-16-27-48(4,5)6)22-25-44(41)52(45(40)32-39)46-30-36(26-28-50-46)49(7,8)9;/h12-15,18-26,28-30,33H,10-11,16-17,27H2,1-9H3;/q-2;+2. The van der Waals surface area contributed by atoms with Gasteiger partial charge in [0.2, 0.25) is 0 Å². The average molecular weight is 910 g/mol. The van der Waals surface area contributed by atoms with Crippen molar-refractivity contribution in [2.75, 3.05) is 0 Å². The number of nitrogens with zero attached hydrogens (tertiary/aromatic N) is 4. The summed E-state index contributed by atoms with van der Waals surface area (Å²) in [7, 11) is 0. The molecular weight excluding hydrogens is 856 g/mol. The number of benzene rings is 4. The zero-order chi connectivity index (χ0) is 38.2. The van der Waals surface area contributed by atoms with Crippen LogP contribution in [0.3, 0.4) is 0 Å². The van der Waals surface area contributed by atoms with E-state index < -0.39 is 0 Å². The maximum atomic E-state index is 6.58. The van der Waals surface area contributed by atoms with Crippen molar-refractivity contribution >= 4 is 21.8 Å². The molecule has 6 heteroatoms. The molecule has 55 heavy (non-hydrogen) atoms. The molecule has 0 amide bonds. The van der Waals surface area contributed by atoms with Crippen molar-refractivity contribution in [1.29, 1.82) is 0 Å². The van der Waals surface area contributed by atoms with E-state index in [1.807, 2.05) is 35.1 Å². The number of rotatable bonds is 11. The molecule has 0 N–H and O–H groups in total. The van der Waals surface area contributed by atoms with Gasteiger partial charge < -0.3 is 9.30 Å². The van der Waals surface area contributed by atoms with E-state index in [4.69, 9.17) is 14.8 Å².